The average Bonchev–Trinajstić information content (AvgIpc) is 2.95. The molecular formula is C29H42N6O9S2. The maximum absolute atomic E-state index is 13.0. The fourth-order valence-corrected chi connectivity index (χ4v) is 5.54. The van der Waals surface area contributed by atoms with Crippen LogP contribution in [0.5, 0.6) is 0 Å². The average molecular weight is 683 g/mol. The summed E-state index contributed by atoms with van der Waals surface area (Å²) in [6.45, 7) is -0.329. The SMILES string of the molecule is NCCCCCCC(=O)CN(CCN(CC(=O)O)CC(=O)Nc1ccc(S(N)(=O)=O)cc1)CC(=O)Cc1ccc(S(N)(=O)=O)cc1. The number of carboxylic acid groups (broad SMARTS) is 1. The van der Waals surface area contributed by atoms with Crippen molar-refractivity contribution in [3.8, 4) is 0 Å². The van der Waals surface area contributed by atoms with E-state index in [4.69, 9.17) is 16.0 Å². The molecule has 1 amide bonds. The Labute approximate surface area is 269 Å². The molecule has 0 aliphatic rings. The zero-order valence-corrected chi connectivity index (χ0v) is 27.1. The highest BCUT2D eigenvalue weighted by Gasteiger charge is 2.20. The smallest absolute Gasteiger partial charge is 0.317 e. The van der Waals surface area contributed by atoms with Gasteiger partial charge in [0.05, 0.1) is 36.0 Å². The Morgan fingerprint density at radius 2 is 1.17 bits per heavy atom. The van der Waals surface area contributed by atoms with Crippen LogP contribution in [0.1, 0.15) is 37.7 Å². The van der Waals surface area contributed by atoms with Crippen LogP contribution in [-0.4, -0.2) is 101 Å². The highest BCUT2D eigenvalue weighted by atomic mass is 32.2. The van der Waals surface area contributed by atoms with Crippen molar-refractivity contribution in [2.45, 2.75) is 48.3 Å². The van der Waals surface area contributed by atoms with E-state index in [-0.39, 0.29) is 66.2 Å². The summed E-state index contributed by atoms with van der Waals surface area (Å²) in [5, 5.41) is 22.2. The molecule has 0 unspecified atom stereocenters. The molecule has 2 aromatic rings. The monoisotopic (exact) mass is 682 g/mol. The first-order chi connectivity index (χ1) is 21.6. The van der Waals surface area contributed by atoms with Gasteiger partial charge in [0, 0.05) is 31.6 Å². The largest absolute Gasteiger partial charge is 0.480 e. The van der Waals surface area contributed by atoms with Gasteiger partial charge in [0.1, 0.15) is 5.78 Å². The number of carbonyl (C=O) groups excluding carboxylic acids is 3. The van der Waals surface area contributed by atoms with Crippen molar-refractivity contribution in [1.82, 2.24) is 9.80 Å². The number of hydrogen-bond acceptors (Lipinski definition) is 11. The van der Waals surface area contributed by atoms with Gasteiger partial charge in [0.2, 0.25) is 26.0 Å². The summed E-state index contributed by atoms with van der Waals surface area (Å²) in [6, 6.07) is 10.7. The predicted octanol–water partition coefficient (Wildman–Crippen LogP) is -0.101. The van der Waals surface area contributed by atoms with Crippen molar-refractivity contribution in [2.75, 3.05) is 51.1 Å². The molecule has 254 valence electrons. The third-order valence-corrected chi connectivity index (χ3v) is 8.65. The van der Waals surface area contributed by atoms with Crippen molar-refractivity contribution >= 4 is 49.2 Å². The highest BCUT2D eigenvalue weighted by molar-refractivity contribution is 7.89. The molecule has 0 saturated carbocycles. The number of ketones is 2. The molecule has 0 aromatic heterocycles. The van der Waals surface area contributed by atoms with Crippen LogP contribution >= 0.6 is 0 Å². The number of nitrogens with one attached hydrogen (secondary N) is 1. The van der Waals surface area contributed by atoms with E-state index in [0.29, 0.717) is 24.9 Å². The lowest BCUT2D eigenvalue weighted by molar-refractivity contribution is -0.139. The minimum atomic E-state index is -3.92. The molecule has 0 fully saturated rings. The molecule has 8 N–H and O–H groups in total. The first-order valence-corrected chi connectivity index (χ1v) is 17.6. The topological polar surface area (TPSA) is 253 Å². The lowest BCUT2D eigenvalue weighted by Gasteiger charge is -2.26. The number of amides is 1. The van der Waals surface area contributed by atoms with Crippen LogP contribution in [0.2, 0.25) is 0 Å². The molecule has 0 bridgehead atoms. The van der Waals surface area contributed by atoms with E-state index in [0.717, 1.165) is 19.3 Å². The zero-order valence-electron chi connectivity index (χ0n) is 25.5. The second-order valence-electron chi connectivity index (χ2n) is 10.8. The molecule has 2 aromatic carbocycles. The molecule has 2 rings (SSSR count). The van der Waals surface area contributed by atoms with E-state index in [1.807, 2.05) is 0 Å². The van der Waals surface area contributed by atoms with Crippen LogP contribution in [-0.2, 0) is 45.6 Å². The number of benzene rings is 2. The first-order valence-electron chi connectivity index (χ1n) is 14.5. The van der Waals surface area contributed by atoms with Crippen molar-refractivity contribution in [2.24, 2.45) is 16.0 Å². The van der Waals surface area contributed by atoms with E-state index >= 15 is 0 Å². The lowest BCUT2D eigenvalue weighted by Crippen LogP contribution is -2.44. The number of nitrogens with zero attached hydrogens (tertiary/aromatic N) is 2. The molecule has 17 heteroatoms. The number of Topliss-reactive ketones (excluding diaryl/α,β-unsaturated/α-hetero) is 2. The molecule has 0 aliphatic carbocycles. The fraction of sp³-hybridized carbons (Fsp3) is 0.448. The molecule has 46 heavy (non-hydrogen) atoms. The third-order valence-electron chi connectivity index (χ3n) is 6.79. The minimum absolute atomic E-state index is 0.0319. The van der Waals surface area contributed by atoms with Crippen LogP contribution in [0, 0.1) is 0 Å². The van der Waals surface area contributed by atoms with Gasteiger partial charge in [0.15, 0.2) is 5.78 Å². The van der Waals surface area contributed by atoms with Crippen molar-refractivity contribution in [1.29, 1.82) is 0 Å². The first kappa shape index (κ1) is 38.6. The van der Waals surface area contributed by atoms with Gasteiger partial charge in [0.25, 0.3) is 0 Å². The van der Waals surface area contributed by atoms with Crippen LogP contribution in [0.3, 0.4) is 0 Å². The normalized spacial score (nSPS) is 11.9. The minimum Gasteiger partial charge on any atom is -0.480 e. The zero-order chi connectivity index (χ0) is 34.3. The summed E-state index contributed by atoms with van der Waals surface area (Å²) < 4.78 is 45.9. The molecule has 0 aliphatic heterocycles. The number of carbonyl (C=O) groups is 4. The molecule has 0 heterocycles. The van der Waals surface area contributed by atoms with E-state index in [1.54, 1.807) is 4.90 Å². The Morgan fingerprint density at radius 3 is 1.70 bits per heavy atom. The van der Waals surface area contributed by atoms with Crippen molar-refractivity contribution in [3.63, 3.8) is 0 Å². The number of carboxylic acids is 1. The number of hydrogen-bond donors (Lipinski definition) is 5. The number of rotatable bonds is 22. The van der Waals surface area contributed by atoms with Crippen LogP contribution in [0.25, 0.3) is 0 Å². The number of sulfonamides is 2. The van der Waals surface area contributed by atoms with Gasteiger partial charge in [-0.2, -0.15) is 0 Å². The van der Waals surface area contributed by atoms with Gasteiger partial charge in [-0.05, 0) is 61.3 Å². The van der Waals surface area contributed by atoms with Gasteiger partial charge in [-0.3, -0.25) is 29.0 Å². The Balaban J connectivity index is 2.08. The summed E-state index contributed by atoms with van der Waals surface area (Å²) in [4.78, 5) is 52.7. The number of primary sulfonamides is 2. The highest BCUT2D eigenvalue weighted by Crippen LogP contribution is 2.13. The summed E-state index contributed by atoms with van der Waals surface area (Å²) in [5.74, 6) is -2.11. The fourth-order valence-electron chi connectivity index (χ4n) is 4.51. The van der Waals surface area contributed by atoms with Crippen LogP contribution in [0.15, 0.2) is 58.3 Å². The maximum Gasteiger partial charge on any atom is 0.317 e. The van der Waals surface area contributed by atoms with E-state index in [1.165, 1.54) is 53.4 Å². The number of anilines is 1. The van der Waals surface area contributed by atoms with Gasteiger partial charge in [-0.25, -0.2) is 27.1 Å². The standard InChI is InChI=1S/C29H42N6O9S2/c30-14-4-2-1-3-5-24(36)18-34(19-25(37)17-22-6-10-26(11-7-22)45(31,41)42)15-16-35(21-29(39)40)20-28(38)33-23-8-12-27(13-9-23)46(32,43)44/h6-13H,1-5,14-21,30H2,(H,33,38)(H,39,40)(H2,31,41,42)(H2,32,43,44). The quantitative estimate of drug-likeness (QED) is 0.102. The molecule has 0 atom stereocenters. The Hall–Kier alpha value is -3.58. The van der Waals surface area contributed by atoms with Gasteiger partial charge < -0.3 is 16.2 Å². The Bertz CT molecular complexity index is 1550. The summed E-state index contributed by atoms with van der Waals surface area (Å²) in [7, 11) is -7.81. The lowest BCUT2D eigenvalue weighted by atomic mass is 10.1. The van der Waals surface area contributed by atoms with Crippen LogP contribution < -0.4 is 21.3 Å². The summed E-state index contributed by atoms with van der Waals surface area (Å²) >= 11 is 0. The summed E-state index contributed by atoms with van der Waals surface area (Å²) in [5.41, 5.74) is 6.33. The Kier molecular flexibility index (Phi) is 15.6. The second kappa shape index (κ2) is 18.5. The number of nitrogens with two attached hydrogens (primary N) is 3. The van der Waals surface area contributed by atoms with Crippen LogP contribution in [0.4, 0.5) is 5.69 Å². The molecular weight excluding hydrogens is 640 g/mol. The van der Waals surface area contributed by atoms with E-state index in [2.05, 4.69) is 5.32 Å². The third kappa shape index (κ3) is 15.1. The Morgan fingerprint density at radius 1 is 0.674 bits per heavy atom. The molecule has 15 nitrogen and oxygen atoms in total. The predicted molar refractivity (Wildman–Crippen MR) is 171 cm³/mol. The maximum atomic E-state index is 13.0. The molecule has 0 saturated heterocycles. The van der Waals surface area contributed by atoms with Gasteiger partial charge >= 0.3 is 5.97 Å². The number of unbranched alkanes of at least 4 members (excludes halogenated alkanes) is 3. The second-order valence-corrected chi connectivity index (χ2v) is 14.0. The molecule has 0 spiro atoms. The van der Waals surface area contributed by atoms with E-state index < -0.39 is 38.5 Å². The van der Waals surface area contributed by atoms with Crippen molar-refractivity contribution in [3.05, 3.63) is 54.1 Å². The van der Waals surface area contributed by atoms with Gasteiger partial charge in [-0.1, -0.05) is 25.0 Å². The molecule has 0 radical (unpaired) electrons. The van der Waals surface area contributed by atoms with Gasteiger partial charge in [-0.15, -0.1) is 0 Å². The summed E-state index contributed by atoms with van der Waals surface area (Å²) in [6.07, 6.45) is 3.53. The van der Waals surface area contributed by atoms with Crippen molar-refractivity contribution < 1.29 is 41.1 Å². The van der Waals surface area contributed by atoms with E-state index in [9.17, 15) is 41.1 Å². The number of aliphatic carboxylic acids is 1.